The van der Waals surface area contributed by atoms with Gasteiger partial charge >= 0.3 is 0 Å². The van der Waals surface area contributed by atoms with Crippen molar-refractivity contribution in [3.63, 3.8) is 0 Å². The van der Waals surface area contributed by atoms with Crippen molar-refractivity contribution in [2.75, 3.05) is 5.32 Å². The van der Waals surface area contributed by atoms with Crippen molar-refractivity contribution in [3.05, 3.63) is 47.5 Å². The molecule has 0 aliphatic rings. The highest BCUT2D eigenvalue weighted by Gasteiger charge is 2.19. The number of aryl methyl sites for hydroxylation is 1. The maximum absolute atomic E-state index is 12.5. The standard InChI is InChI=1S/C21H22N4O2S/c1-4-14(5-2)20(26)23-19-10-13(3)24-25(19)21-22-16(12-28-21)18-11-15-8-6-7-9-17(15)27-18/h6-12,14H,4-5H2,1-3H3,(H,23,26). The van der Waals surface area contributed by atoms with E-state index < -0.39 is 0 Å². The van der Waals surface area contributed by atoms with Crippen LogP contribution in [0.2, 0.25) is 0 Å². The van der Waals surface area contributed by atoms with Gasteiger partial charge in [-0.25, -0.2) is 4.98 Å². The van der Waals surface area contributed by atoms with E-state index in [4.69, 9.17) is 4.42 Å². The summed E-state index contributed by atoms with van der Waals surface area (Å²) in [6, 6.07) is 11.7. The molecule has 0 atom stereocenters. The lowest BCUT2D eigenvalue weighted by atomic mass is 10.0. The molecule has 4 rings (SSSR count). The van der Waals surface area contributed by atoms with Crippen molar-refractivity contribution >= 4 is 34.0 Å². The van der Waals surface area contributed by atoms with Crippen LogP contribution < -0.4 is 5.32 Å². The van der Waals surface area contributed by atoms with Crippen LogP contribution in [0.4, 0.5) is 5.82 Å². The van der Waals surface area contributed by atoms with Gasteiger partial charge < -0.3 is 9.73 Å². The number of carbonyl (C=O) groups is 1. The molecule has 7 heteroatoms. The van der Waals surface area contributed by atoms with E-state index in [1.165, 1.54) is 11.3 Å². The second-order valence-corrected chi connectivity index (χ2v) is 7.59. The number of furan rings is 1. The lowest BCUT2D eigenvalue weighted by Gasteiger charge is -2.12. The van der Waals surface area contributed by atoms with Crippen LogP contribution in [-0.4, -0.2) is 20.7 Å². The van der Waals surface area contributed by atoms with Crippen LogP contribution in [0.15, 0.2) is 46.2 Å². The van der Waals surface area contributed by atoms with Crippen molar-refractivity contribution in [1.29, 1.82) is 0 Å². The Morgan fingerprint density at radius 3 is 2.79 bits per heavy atom. The van der Waals surface area contributed by atoms with E-state index >= 15 is 0 Å². The quantitative estimate of drug-likeness (QED) is 0.473. The molecular weight excluding hydrogens is 372 g/mol. The molecule has 0 spiro atoms. The SMILES string of the molecule is CCC(CC)C(=O)Nc1cc(C)nn1-c1nc(-c2cc3ccccc3o2)cs1. The number of fused-ring (bicyclic) bond motifs is 1. The first-order valence-corrected chi connectivity index (χ1v) is 10.3. The van der Waals surface area contributed by atoms with Gasteiger partial charge in [0.15, 0.2) is 5.76 Å². The molecule has 4 aromatic rings. The Kier molecular flexibility index (Phi) is 5.00. The number of rotatable bonds is 6. The summed E-state index contributed by atoms with van der Waals surface area (Å²) in [7, 11) is 0. The molecule has 1 aromatic carbocycles. The highest BCUT2D eigenvalue weighted by atomic mass is 32.1. The van der Waals surface area contributed by atoms with Crippen LogP contribution in [0.5, 0.6) is 0 Å². The monoisotopic (exact) mass is 394 g/mol. The topological polar surface area (TPSA) is 73.0 Å². The Labute approximate surface area is 167 Å². The van der Waals surface area contributed by atoms with Crippen molar-refractivity contribution < 1.29 is 9.21 Å². The summed E-state index contributed by atoms with van der Waals surface area (Å²) in [5, 5.41) is 11.2. The molecule has 0 radical (unpaired) electrons. The molecule has 3 aromatic heterocycles. The van der Waals surface area contributed by atoms with Crippen LogP contribution in [0, 0.1) is 12.8 Å². The fourth-order valence-corrected chi connectivity index (χ4v) is 3.98. The average molecular weight is 395 g/mol. The number of nitrogens with zero attached hydrogens (tertiary/aromatic N) is 3. The number of benzene rings is 1. The van der Waals surface area contributed by atoms with Gasteiger partial charge in [-0.1, -0.05) is 32.0 Å². The molecule has 0 fully saturated rings. The molecule has 1 amide bonds. The Bertz CT molecular complexity index is 1090. The predicted molar refractivity (Wildman–Crippen MR) is 112 cm³/mol. The van der Waals surface area contributed by atoms with E-state index in [1.807, 2.05) is 62.5 Å². The minimum Gasteiger partial charge on any atom is -0.454 e. The Balaban J connectivity index is 1.64. The van der Waals surface area contributed by atoms with Crippen molar-refractivity contribution in [1.82, 2.24) is 14.8 Å². The number of amides is 1. The first-order valence-electron chi connectivity index (χ1n) is 9.41. The third-order valence-electron chi connectivity index (χ3n) is 4.79. The van der Waals surface area contributed by atoms with Crippen LogP contribution >= 0.6 is 11.3 Å². The van der Waals surface area contributed by atoms with E-state index in [0.717, 1.165) is 41.0 Å². The largest absolute Gasteiger partial charge is 0.454 e. The number of carbonyl (C=O) groups excluding carboxylic acids is 1. The van der Waals surface area contributed by atoms with Gasteiger partial charge in [0, 0.05) is 22.8 Å². The highest BCUT2D eigenvalue weighted by Crippen LogP contribution is 2.30. The van der Waals surface area contributed by atoms with Gasteiger partial charge in [-0.15, -0.1) is 11.3 Å². The first-order chi connectivity index (χ1) is 13.6. The summed E-state index contributed by atoms with van der Waals surface area (Å²) in [4.78, 5) is 17.2. The number of thiazole rings is 1. The molecule has 0 unspecified atom stereocenters. The fraction of sp³-hybridized carbons (Fsp3) is 0.286. The molecule has 1 N–H and O–H groups in total. The molecule has 28 heavy (non-hydrogen) atoms. The Morgan fingerprint density at radius 2 is 2.04 bits per heavy atom. The molecule has 0 aliphatic heterocycles. The molecule has 3 heterocycles. The average Bonchev–Trinajstić information content (AvgIpc) is 3.40. The number of anilines is 1. The van der Waals surface area contributed by atoms with Crippen molar-refractivity contribution in [2.24, 2.45) is 5.92 Å². The molecule has 144 valence electrons. The van der Waals surface area contributed by atoms with Crippen LogP contribution in [0.3, 0.4) is 0 Å². The molecule has 0 bridgehead atoms. The number of aromatic nitrogens is 3. The maximum atomic E-state index is 12.5. The smallest absolute Gasteiger partial charge is 0.228 e. The molecular formula is C21H22N4O2S. The highest BCUT2D eigenvalue weighted by molar-refractivity contribution is 7.12. The third kappa shape index (κ3) is 3.45. The zero-order chi connectivity index (χ0) is 19.7. The van der Waals surface area contributed by atoms with E-state index in [-0.39, 0.29) is 11.8 Å². The Hall–Kier alpha value is -2.93. The molecule has 6 nitrogen and oxygen atoms in total. The van der Waals surface area contributed by atoms with Crippen LogP contribution in [-0.2, 0) is 4.79 Å². The Morgan fingerprint density at radius 1 is 1.25 bits per heavy atom. The molecule has 0 aliphatic carbocycles. The predicted octanol–water partition coefficient (Wildman–Crippen LogP) is 5.43. The summed E-state index contributed by atoms with van der Waals surface area (Å²) in [5.74, 6) is 1.36. The lowest BCUT2D eigenvalue weighted by molar-refractivity contribution is -0.120. The normalized spacial score (nSPS) is 11.4. The van der Waals surface area contributed by atoms with Gasteiger partial charge in [-0.05, 0) is 31.9 Å². The van der Waals surface area contributed by atoms with Crippen molar-refractivity contribution in [2.45, 2.75) is 33.6 Å². The number of nitrogens with one attached hydrogen (secondary N) is 1. The van der Waals surface area contributed by atoms with Crippen molar-refractivity contribution in [3.8, 4) is 16.6 Å². The second-order valence-electron chi connectivity index (χ2n) is 6.75. The number of para-hydroxylation sites is 1. The fourth-order valence-electron chi connectivity index (χ4n) is 3.20. The summed E-state index contributed by atoms with van der Waals surface area (Å²) >= 11 is 1.46. The summed E-state index contributed by atoms with van der Waals surface area (Å²) < 4.78 is 7.60. The van der Waals surface area contributed by atoms with Gasteiger partial charge in [-0.2, -0.15) is 9.78 Å². The van der Waals surface area contributed by atoms with Gasteiger partial charge in [-0.3, -0.25) is 4.79 Å². The molecule has 0 saturated carbocycles. The minimum absolute atomic E-state index is 0.00828. The van der Waals surface area contributed by atoms with E-state index in [1.54, 1.807) is 4.68 Å². The van der Waals surface area contributed by atoms with Gasteiger partial charge in [0.2, 0.25) is 11.0 Å². The lowest BCUT2D eigenvalue weighted by Crippen LogP contribution is -2.23. The number of hydrogen-bond acceptors (Lipinski definition) is 5. The van der Waals surface area contributed by atoms with Crippen LogP contribution in [0.25, 0.3) is 27.6 Å². The summed E-state index contributed by atoms with van der Waals surface area (Å²) in [5.41, 5.74) is 2.40. The first kappa shape index (κ1) is 18.4. The number of hydrogen-bond donors (Lipinski definition) is 1. The minimum atomic E-state index is -0.00828. The van der Waals surface area contributed by atoms with Gasteiger partial charge in [0.05, 0.1) is 5.69 Å². The second kappa shape index (κ2) is 7.59. The van der Waals surface area contributed by atoms with E-state index in [9.17, 15) is 4.79 Å². The van der Waals surface area contributed by atoms with Crippen LogP contribution in [0.1, 0.15) is 32.4 Å². The van der Waals surface area contributed by atoms with Gasteiger partial charge in [0.25, 0.3) is 0 Å². The van der Waals surface area contributed by atoms with E-state index in [2.05, 4.69) is 15.4 Å². The summed E-state index contributed by atoms with van der Waals surface area (Å²) in [6.45, 7) is 5.95. The third-order valence-corrected chi connectivity index (χ3v) is 5.61. The zero-order valence-electron chi connectivity index (χ0n) is 16.1. The van der Waals surface area contributed by atoms with Gasteiger partial charge in [0.1, 0.15) is 17.1 Å². The maximum Gasteiger partial charge on any atom is 0.228 e. The summed E-state index contributed by atoms with van der Waals surface area (Å²) in [6.07, 6.45) is 1.62. The zero-order valence-corrected chi connectivity index (χ0v) is 16.9. The molecule has 0 saturated heterocycles. The van der Waals surface area contributed by atoms with E-state index in [0.29, 0.717) is 10.9 Å².